The molecule has 1 unspecified atom stereocenters. The van der Waals surface area contributed by atoms with Crippen LogP contribution >= 0.6 is 11.8 Å². The lowest BCUT2D eigenvalue weighted by Gasteiger charge is -2.20. The predicted octanol–water partition coefficient (Wildman–Crippen LogP) is 1.10. The Morgan fingerprint density at radius 1 is 1.47 bits per heavy atom. The largest absolute Gasteiger partial charge is 0.481 e. The van der Waals surface area contributed by atoms with Gasteiger partial charge in [-0.15, -0.1) is 0 Å². The van der Waals surface area contributed by atoms with Gasteiger partial charge in [0, 0.05) is 6.54 Å². The zero-order valence-electron chi connectivity index (χ0n) is 10.8. The minimum Gasteiger partial charge on any atom is -0.481 e. The predicted molar refractivity (Wildman–Crippen MR) is 71.1 cm³/mol. The fourth-order valence-corrected chi connectivity index (χ4v) is 1.91. The van der Waals surface area contributed by atoms with Crippen LogP contribution in [0.3, 0.4) is 0 Å². The van der Waals surface area contributed by atoms with E-state index in [-0.39, 0.29) is 12.3 Å². The van der Waals surface area contributed by atoms with E-state index in [0.29, 0.717) is 11.5 Å². The van der Waals surface area contributed by atoms with Crippen molar-refractivity contribution in [2.24, 2.45) is 0 Å². The van der Waals surface area contributed by atoms with Crippen LogP contribution in [0.4, 0.5) is 0 Å². The molecule has 1 aromatic heterocycles. The standard InChI is InChI=1S/C12H17NO5S/c1-12(17,5-10(14)15)7-13-11(16)9-4-3-8(18-9)6-19-2/h3-4,17H,5-7H2,1-2H3,(H,13,16)(H,14,15). The lowest BCUT2D eigenvalue weighted by atomic mass is 10.0. The van der Waals surface area contributed by atoms with Crippen molar-refractivity contribution in [2.45, 2.75) is 24.7 Å². The number of furan rings is 1. The summed E-state index contributed by atoms with van der Waals surface area (Å²) in [6, 6.07) is 3.26. The number of carboxylic acid groups (broad SMARTS) is 1. The van der Waals surface area contributed by atoms with E-state index in [1.54, 1.807) is 23.9 Å². The fourth-order valence-electron chi connectivity index (χ4n) is 1.47. The molecular formula is C12H17NO5S. The van der Waals surface area contributed by atoms with Gasteiger partial charge in [0.15, 0.2) is 5.76 Å². The van der Waals surface area contributed by atoms with Crippen LogP contribution in [-0.2, 0) is 10.5 Å². The summed E-state index contributed by atoms with van der Waals surface area (Å²) in [6.45, 7) is 1.19. The van der Waals surface area contributed by atoms with Gasteiger partial charge in [0.1, 0.15) is 5.76 Å². The van der Waals surface area contributed by atoms with Crippen molar-refractivity contribution >= 4 is 23.6 Å². The summed E-state index contributed by atoms with van der Waals surface area (Å²) in [5.41, 5.74) is -1.49. The van der Waals surface area contributed by atoms with Gasteiger partial charge in [0.05, 0.1) is 17.8 Å². The molecule has 1 aromatic rings. The lowest BCUT2D eigenvalue weighted by Crippen LogP contribution is -2.42. The molecule has 0 aliphatic carbocycles. The second-order valence-corrected chi connectivity index (χ2v) is 5.32. The number of rotatable bonds is 7. The molecule has 7 heteroatoms. The van der Waals surface area contributed by atoms with E-state index in [4.69, 9.17) is 9.52 Å². The fraction of sp³-hybridized carbons (Fsp3) is 0.500. The molecule has 0 spiro atoms. The highest BCUT2D eigenvalue weighted by molar-refractivity contribution is 7.97. The number of hydrogen-bond donors (Lipinski definition) is 3. The summed E-state index contributed by atoms with van der Waals surface area (Å²) >= 11 is 1.57. The van der Waals surface area contributed by atoms with Crippen LogP contribution < -0.4 is 5.32 Å². The molecule has 0 aromatic carbocycles. The molecule has 0 aliphatic rings. The SMILES string of the molecule is CSCc1ccc(C(=O)NCC(C)(O)CC(=O)O)o1. The van der Waals surface area contributed by atoms with Gasteiger partial charge in [-0.3, -0.25) is 9.59 Å². The summed E-state index contributed by atoms with van der Waals surface area (Å²) in [6.07, 6.45) is 1.48. The lowest BCUT2D eigenvalue weighted by molar-refractivity contribution is -0.141. The van der Waals surface area contributed by atoms with Gasteiger partial charge in [0.25, 0.3) is 5.91 Å². The normalized spacial score (nSPS) is 13.8. The smallest absolute Gasteiger partial charge is 0.306 e. The minimum atomic E-state index is -1.49. The average molecular weight is 287 g/mol. The van der Waals surface area contributed by atoms with Crippen molar-refractivity contribution in [1.82, 2.24) is 5.32 Å². The molecule has 0 aliphatic heterocycles. The van der Waals surface area contributed by atoms with E-state index in [1.807, 2.05) is 6.26 Å². The van der Waals surface area contributed by atoms with Gasteiger partial charge in [-0.1, -0.05) is 0 Å². The first kappa shape index (κ1) is 15.6. The van der Waals surface area contributed by atoms with Crippen LogP contribution in [0.25, 0.3) is 0 Å². The zero-order valence-corrected chi connectivity index (χ0v) is 11.6. The third kappa shape index (κ3) is 5.35. The van der Waals surface area contributed by atoms with Crippen molar-refractivity contribution in [3.8, 4) is 0 Å². The van der Waals surface area contributed by atoms with Gasteiger partial charge in [-0.2, -0.15) is 11.8 Å². The Morgan fingerprint density at radius 3 is 2.74 bits per heavy atom. The highest BCUT2D eigenvalue weighted by atomic mass is 32.2. The molecule has 106 valence electrons. The Hall–Kier alpha value is -1.47. The van der Waals surface area contributed by atoms with Crippen LogP contribution in [0.5, 0.6) is 0 Å². The second kappa shape index (κ2) is 6.63. The van der Waals surface area contributed by atoms with Crippen LogP contribution in [0.1, 0.15) is 29.7 Å². The Bertz CT molecular complexity index is 455. The number of nitrogens with one attached hydrogen (secondary N) is 1. The molecule has 1 rings (SSSR count). The first-order chi connectivity index (χ1) is 8.84. The van der Waals surface area contributed by atoms with Gasteiger partial charge in [0.2, 0.25) is 0 Å². The quantitative estimate of drug-likeness (QED) is 0.694. The molecule has 0 saturated carbocycles. The van der Waals surface area contributed by atoms with Gasteiger partial charge in [-0.05, 0) is 25.3 Å². The maximum absolute atomic E-state index is 11.7. The maximum atomic E-state index is 11.7. The number of carboxylic acids is 1. The van der Waals surface area contributed by atoms with Crippen molar-refractivity contribution < 1.29 is 24.2 Å². The van der Waals surface area contributed by atoms with Gasteiger partial charge < -0.3 is 19.9 Å². The van der Waals surface area contributed by atoms with E-state index in [9.17, 15) is 14.7 Å². The van der Waals surface area contributed by atoms with Crippen molar-refractivity contribution in [3.63, 3.8) is 0 Å². The summed E-state index contributed by atoms with van der Waals surface area (Å²) in [4.78, 5) is 22.2. The number of aliphatic carboxylic acids is 1. The van der Waals surface area contributed by atoms with Crippen molar-refractivity contribution in [2.75, 3.05) is 12.8 Å². The Morgan fingerprint density at radius 2 is 2.16 bits per heavy atom. The van der Waals surface area contributed by atoms with Gasteiger partial charge in [-0.25, -0.2) is 0 Å². The third-order valence-electron chi connectivity index (χ3n) is 2.33. The Kier molecular flexibility index (Phi) is 5.44. The third-order valence-corrected chi connectivity index (χ3v) is 2.91. The van der Waals surface area contributed by atoms with Crippen LogP contribution in [0.15, 0.2) is 16.5 Å². The first-order valence-corrected chi connectivity index (χ1v) is 7.03. The summed E-state index contributed by atoms with van der Waals surface area (Å²) in [5, 5.41) is 20.8. The highest BCUT2D eigenvalue weighted by Gasteiger charge is 2.25. The molecule has 0 radical (unpaired) electrons. The molecule has 3 N–H and O–H groups in total. The number of carbonyl (C=O) groups is 2. The van der Waals surface area contributed by atoms with E-state index >= 15 is 0 Å². The molecule has 1 heterocycles. The average Bonchev–Trinajstić information content (AvgIpc) is 2.73. The molecule has 0 bridgehead atoms. The Balaban J connectivity index is 2.52. The molecule has 1 atom stereocenters. The zero-order chi connectivity index (χ0) is 14.5. The summed E-state index contributed by atoms with van der Waals surface area (Å²) in [5.74, 6) is -0.0908. The maximum Gasteiger partial charge on any atom is 0.306 e. The monoisotopic (exact) mass is 287 g/mol. The van der Waals surface area contributed by atoms with Crippen molar-refractivity contribution in [3.05, 3.63) is 23.7 Å². The molecule has 1 amide bonds. The van der Waals surface area contributed by atoms with Crippen LogP contribution in [0.2, 0.25) is 0 Å². The molecule has 0 fully saturated rings. The number of amides is 1. The molecular weight excluding hydrogens is 270 g/mol. The van der Waals surface area contributed by atoms with E-state index in [2.05, 4.69) is 5.32 Å². The summed E-state index contributed by atoms with van der Waals surface area (Å²) < 4.78 is 5.30. The van der Waals surface area contributed by atoms with E-state index in [0.717, 1.165) is 0 Å². The van der Waals surface area contributed by atoms with Crippen LogP contribution in [0, 0.1) is 0 Å². The second-order valence-electron chi connectivity index (χ2n) is 4.45. The topological polar surface area (TPSA) is 99.8 Å². The van der Waals surface area contributed by atoms with Crippen molar-refractivity contribution in [1.29, 1.82) is 0 Å². The number of hydrogen-bond acceptors (Lipinski definition) is 5. The van der Waals surface area contributed by atoms with Gasteiger partial charge >= 0.3 is 5.97 Å². The van der Waals surface area contributed by atoms with Crippen LogP contribution in [-0.4, -0.2) is 40.5 Å². The van der Waals surface area contributed by atoms with E-state index < -0.39 is 23.9 Å². The number of thioether (sulfide) groups is 1. The number of aliphatic hydroxyl groups is 1. The Labute approximate surface area is 115 Å². The minimum absolute atomic E-state index is 0.148. The van der Waals surface area contributed by atoms with E-state index in [1.165, 1.54) is 6.92 Å². The first-order valence-electron chi connectivity index (χ1n) is 5.64. The molecule has 6 nitrogen and oxygen atoms in total. The summed E-state index contributed by atoms with van der Waals surface area (Å²) in [7, 11) is 0. The number of carbonyl (C=O) groups excluding carboxylic acids is 1. The molecule has 19 heavy (non-hydrogen) atoms. The highest BCUT2D eigenvalue weighted by Crippen LogP contribution is 2.14. The molecule has 0 saturated heterocycles.